The van der Waals surface area contributed by atoms with Crippen molar-refractivity contribution in [2.45, 2.75) is 6.54 Å². The Morgan fingerprint density at radius 3 is 2.52 bits per heavy atom. The predicted molar refractivity (Wildman–Crippen MR) is 115 cm³/mol. The van der Waals surface area contributed by atoms with Gasteiger partial charge in [-0.2, -0.15) is 0 Å². The quantitative estimate of drug-likeness (QED) is 0.254. The van der Waals surface area contributed by atoms with Gasteiger partial charge in [0.15, 0.2) is 17.5 Å². The van der Waals surface area contributed by atoms with E-state index in [0.29, 0.717) is 31.2 Å². The van der Waals surface area contributed by atoms with Crippen LogP contribution in [0.2, 0.25) is 0 Å². The Morgan fingerprint density at radius 1 is 1.00 bits per heavy atom. The molecule has 0 radical (unpaired) electrons. The Labute approximate surface area is 175 Å². The third-order valence-electron chi connectivity index (χ3n) is 3.86. The molecule has 3 rings (SSSR count). The van der Waals surface area contributed by atoms with Gasteiger partial charge in [0.25, 0.3) is 5.91 Å². The molecule has 0 fully saturated rings. The molecule has 0 atom stereocenters. The molecule has 1 aliphatic heterocycles. The lowest BCUT2D eigenvalue weighted by atomic mass is 10.2. The number of rotatable bonds is 6. The topological polar surface area (TPSA) is 84.0 Å². The number of amides is 1. The molecule has 0 unspecified atom stereocenters. The lowest BCUT2D eigenvalue weighted by Gasteiger charge is -2.12. The molecule has 1 aliphatic rings. The van der Waals surface area contributed by atoms with E-state index in [-0.39, 0.29) is 36.7 Å². The lowest BCUT2D eigenvalue weighted by molar-refractivity contribution is 0.0954. The molecular weight excluding hydrogens is 459 g/mol. The van der Waals surface area contributed by atoms with Crippen LogP contribution in [0.5, 0.6) is 11.5 Å². The Kier molecular flexibility index (Phi) is 8.18. The highest BCUT2D eigenvalue weighted by atomic mass is 127. The maximum atomic E-state index is 12.0. The first-order chi connectivity index (χ1) is 12.8. The van der Waals surface area contributed by atoms with Gasteiger partial charge in [0, 0.05) is 32.2 Å². The molecule has 1 amide bonds. The molecule has 2 aromatic rings. The van der Waals surface area contributed by atoms with Gasteiger partial charge in [0.05, 0.1) is 0 Å². The maximum Gasteiger partial charge on any atom is 0.251 e. The van der Waals surface area contributed by atoms with Gasteiger partial charge in [-0.3, -0.25) is 9.79 Å². The van der Waals surface area contributed by atoms with E-state index in [1.165, 1.54) is 0 Å². The molecule has 144 valence electrons. The van der Waals surface area contributed by atoms with Crippen LogP contribution in [0.4, 0.5) is 0 Å². The van der Waals surface area contributed by atoms with Gasteiger partial charge < -0.3 is 25.4 Å². The van der Waals surface area contributed by atoms with Crippen LogP contribution in [-0.2, 0) is 6.54 Å². The normalized spacial score (nSPS) is 12.1. The summed E-state index contributed by atoms with van der Waals surface area (Å²) in [5, 5.41) is 9.26. The molecule has 1 heterocycles. The summed E-state index contributed by atoms with van der Waals surface area (Å²) < 4.78 is 10.7. The molecule has 0 saturated carbocycles. The smallest absolute Gasteiger partial charge is 0.251 e. The summed E-state index contributed by atoms with van der Waals surface area (Å²) in [5.74, 6) is 2.11. The number of hydrogen-bond donors (Lipinski definition) is 3. The van der Waals surface area contributed by atoms with Crippen molar-refractivity contribution in [1.82, 2.24) is 16.0 Å². The van der Waals surface area contributed by atoms with Crippen molar-refractivity contribution in [3.63, 3.8) is 0 Å². The molecule has 2 aromatic carbocycles. The van der Waals surface area contributed by atoms with E-state index in [9.17, 15) is 4.79 Å². The van der Waals surface area contributed by atoms with Gasteiger partial charge in [0.1, 0.15) is 0 Å². The standard InChI is InChI=1S/C19H22N4O3.HI/c1-20-19(22-10-9-21-18(24)15-5-3-2-4-6-15)23-12-14-7-8-16-17(11-14)26-13-25-16;/h2-8,11H,9-10,12-13H2,1H3,(H,21,24)(H2,20,22,23);1H. The summed E-state index contributed by atoms with van der Waals surface area (Å²) in [6, 6.07) is 15.0. The Bertz CT molecular complexity index is 784. The highest BCUT2D eigenvalue weighted by Crippen LogP contribution is 2.32. The molecule has 0 saturated heterocycles. The van der Waals surface area contributed by atoms with E-state index in [0.717, 1.165) is 17.1 Å². The van der Waals surface area contributed by atoms with Crippen LogP contribution in [0.15, 0.2) is 53.5 Å². The molecule has 0 spiro atoms. The molecule has 7 nitrogen and oxygen atoms in total. The van der Waals surface area contributed by atoms with Crippen molar-refractivity contribution in [1.29, 1.82) is 0 Å². The largest absolute Gasteiger partial charge is 0.454 e. The first kappa shape index (κ1) is 20.8. The highest BCUT2D eigenvalue weighted by molar-refractivity contribution is 14.0. The van der Waals surface area contributed by atoms with Gasteiger partial charge in [-0.15, -0.1) is 24.0 Å². The van der Waals surface area contributed by atoms with E-state index < -0.39 is 0 Å². The second-order valence-corrected chi connectivity index (χ2v) is 5.66. The molecule has 0 bridgehead atoms. The minimum Gasteiger partial charge on any atom is -0.454 e. The summed E-state index contributed by atoms with van der Waals surface area (Å²) in [5.41, 5.74) is 1.72. The first-order valence-electron chi connectivity index (χ1n) is 8.42. The third-order valence-corrected chi connectivity index (χ3v) is 3.86. The average molecular weight is 482 g/mol. The van der Waals surface area contributed by atoms with Crippen LogP contribution >= 0.6 is 24.0 Å². The number of benzene rings is 2. The fourth-order valence-corrected chi connectivity index (χ4v) is 2.51. The zero-order chi connectivity index (χ0) is 18.2. The number of hydrogen-bond acceptors (Lipinski definition) is 4. The van der Waals surface area contributed by atoms with Gasteiger partial charge in [-0.05, 0) is 29.8 Å². The average Bonchev–Trinajstić information content (AvgIpc) is 3.15. The van der Waals surface area contributed by atoms with E-state index in [4.69, 9.17) is 9.47 Å². The second kappa shape index (κ2) is 10.6. The summed E-state index contributed by atoms with van der Waals surface area (Å²) in [6.07, 6.45) is 0. The fraction of sp³-hybridized carbons (Fsp3) is 0.263. The summed E-state index contributed by atoms with van der Waals surface area (Å²) in [6.45, 7) is 1.94. The van der Waals surface area contributed by atoms with E-state index in [2.05, 4.69) is 20.9 Å². The second-order valence-electron chi connectivity index (χ2n) is 5.66. The number of carbonyl (C=O) groups is 1. The van der Waals surface area contributed by atoms with Crippen LogP contribution < -0.4 is 25.4 Å². The van der Waals surface area contributed by atoms with E-state index in [1.807, 2.05) is 36.4 Å². The Hall–Kier alpha value is -2.49. The van der Waals surface area contributed by atoms with Crippen LogP contribution in [0.1, 0.15) is 15.9 Å². The van der Waals surface area contributed by atoms with Gasteiger partial charge in [0.2, 0.25) is 6.79 Å². The third kappa shape index (κ3) is 6.02. The minimum absolute atomic E-state index is 0. The predicted octanol–water partition coefficient (Wildman–Crippen LogP) is 2.13. The minimum atomic E-state index is -0.0873. The van der Waals surface area contributed by atoms with Crippen molar-refractivity contribution in [2.75, 3.05) is 26.9 Å². The van der Waals surface area contributed by atoms with Crippen molar-refractivity contribution >= 4 is 35.8 Å². The van der Waals surface area contributed by atoms with Crippen molar-refractivity contribution in [2.24, 2.45) is 4.99 Å². The lowest BCUT2D eigenvalue weighted by Crippen LogP contribution is -2.41. The Morgan fingerprint density at radius 2 is 1.74 bits per heavy atom. The van der Waals surface area contributed by atoms with Crippen LogP contribution in [0.25, 0.3) is 0 Å². The monoisotopic (exact) mass is 482 g/mol. The van der Waals surface area contributed by atoms with Gasteiger partial charge >= 0.3 is 0 Å². The van der Waals surface area contributed by atoms with Crippen LogP contribution in [-0.4, -0.2) is 38.8 Å². The van der Waals surface area contributed by atoms with Gasteiger partial charge in [-0.1, -0.05) is 24.3 Å². The molecule has 27 heavy (non-hydrogen) atoms. The zero-order valence-corrected chi connectivity index (χ0v) is 17.4. The maximum absolute atomic E-state index is 12.0. The first-order valence-corrected chi connectivity index (χ1v) is 8.42. The Balaban J connectivity index is 0.00000261. The summed E-state index contributed by atoms with van der Waals surface area (Å²) in [4.78, 5) is 16.1. The van der Waals surface area contributed by atoms with Crippen LogP contribution in [0.3, 0.4) is 0 Å². The molecular formula is C19H23IN4O3. The zero-order valence-electron chi connectivity index (χ0n) is 15.0. The van der Waals surface area contributed by atoms with Crippen molar-refractivity contribution < 1.29 is 14.3 Å². The highest BCUT2D eigenvalue weighted by Gasteiger charge is 2.13. The fourth-order valence-electron chi connectivity index (χ4n) is 2.51. The SMILES string of the molecule is CN=C(NCCNC(=O)c1ccccc1)NCc1ccc2c(c1)OCO2.I. The molecule has 0 aliphatic carbocycles. The summed E-state index contributed by atoms with van der Waals surface area (Å²) in [7, 11) is 1.71. The van der Waals surface area contributed by atoms with E-state index in [1.54, 1.807) is 19.2 Å². The van der Waals surface area contributed by atoms with Gasteiger partial charge in [-0.25, -0.2) is 0 Å². The van der Waals surface area contributed by atoms with Crippen LogP contribution in [0, 0.1) is 0 Å². The number of ether oxygens (including phenoxy) is 2. The number of nitrogens with zero attached hydrogens (tertiary/aromatic N) is 1. The number of fused-ring (bicyclic) bond motifs is 1. The van der Waals surface area contributed by atoms with Crippen molar-refractivity contribution in [3.05, 3.63) is 59.7 Å². The molecule has 8 heteroatoms. The van der Waals surface area contributed by atoms with E-state index >= 15 is 0 Å². The number of nitrogens with one attached hydrogen (secondary N) is 3. The number of aliphatic imine (C=N–C) groups is 1. The number of guanidine groups is 1. The molecule has 0 aromatic heterocycles. The number of carbonyl (C=O) groups excluding carboxylic acids is 1. The summed E-state index contributed by atoms with van der Waals surface area (Å²) >= 11 is 0. The molecule has 3 N–H and O–H groups in total. The van der Waals surface area contributed by atoms with Crippen molar-refractivity contribution in [3.8, 4) is 11.5 Å². The number of halogens is 1.